The standard InChI is InChI=1S/C31H52O5/c1-21(10-8-16-30(3,4)35)25-14-15-26-23(11-9-17-31(25,26)5)12-13-24-20-27(33)29(28(34)22(24)2)36-19-7-6-18-32/h12-13,21,25-29,32-35H,2,6-11,14-20H2,1,3-5H3/b23-12+,24-13-/t21-,25+,26-,27+,28+,29-,31+/m0/s1. The first-order valence-corrected chi connectivity index (χ1v) is 14.4. The normalized spacial score (nSPS) is 36.4. The topological polar surface area (TPSA) is 90.2 Å². The van der Waals surface area contributed by atoms with Gasteiger partial charge in [-0.15, -0.1) is 0 Å². The Morgan fingerprint density at radius 3 is 2.61 bits per heavy atom. The summed E-state index contributed by atoms with van der Waals surface area (Å²) in [5.74, 6) is 1.98. The minimum atomic E-state index is -0.912. The van der Waals surface area contributed by atoms with Crippen molar-refractivity contribution >= 4 is 0 Å². The molecule has 0 radical (unpaired) electrons. The van der Waals surface area contributed by atoms with Crippen molar-refractivity contribution in [2.45, 2.75) is 122 Å². The quantitative estimate of drug-likeness (QED) is 0.280. The Kier molecular flexibility index (Phi) is 10.4. The molecule has 4 N–H and O–H groups in total. The molecule has 3 saturated carbocycles. The summed E-state index contributed by atoms with van der Waals surface area (Å²) in [7, 11) is 0. The van der Waals surface area contributed by atoms with Gasteiger partial charge in [0.2, 0.25) is 0 Å². The number of aliphatic hydroxyl groups is 4. The van der Waals surface area contributed by atoms with E-state index in [2.05, 4.69) is 32.6 Å². The van der Waals surface area contributed by atoms with E-state index in [4.69, 9.17) is 9.84 Å². The van der Waals surface area contributed by atoms with Gasteiger partial charge in [0, 0.05) is 19.6 Å². The molecule has 0 bridgehead atoms. The molecule has 3 aliphatic rings. The number of unbranched alkanes of at least 4 members (excludes halogenated alkanes) is 1. The lowest BCUT2D eigenvalue weighted by Crippen LogP contribution is -2.45. The number of hydrogen-bond acceptors (Lipinski definition) is 5. The summed E-state index contributed by atoms with van der Waals surface area (Å²) < 4.78 is 5.74. The van der Waals surface area contributed by atoms with Crippen LogP contribution in [0.1, 0.15) is 98.3 Å². The largest absolute Gasteiger partial charge is 0.396 e. The first-order valence-electron chi connectivity index (χ1n) is 14.4. The summed E-state index contributed by atoms with van der Waals surface area (Å²) in [5.41, 5.74) is 2.83. The Bertz CT molecular complexity index is 793. The SMILES string of the molecule is C=C1/C(=C\C=C2/CCC[C@]3(C)[C@@H]([C@@H](C)CCCC(C)(C)O)CC[C@@H]23)C[C@@H](O)[C@H](OCCCCO)[C@@H]1O. The maximum atomic E-state index is 10.8. The molecule has 0 heterocycles. The summed E-state index contributed by atoms with van der Waals surface area (Å²) >= 11 is 0. The first-order chi connectivity index (χ1) is 17.0. The van der Waals surface area contributed by atoms with Crippen LogP contribution in [0.25, 0.3) is 0 Å². The first kappa shape index (κ1) is 29.6. The summed E-state index contributed by atoms with van der Waals surface area (Å²) in [6.45, 7) is 13.4. The Balaban J connectivity index is 1.65. The highest BCUT2D eigenvalue weighted by molar-refractivity contribution is 5.40. The second kappa shape index (κ2) is 12.7. The highest BCUT2D eigenvalue weighted by Gasteiger charge is 2.50. The number of ether oxygens (including phenoxy) is 1. The Hall–Kier alpha value is -0.980. The summed E-state index contributed by atoms with van der Waals surface area (Å²) in [6.07, 6.45) is 13.1. The van der Waals surface area contributed by atoms with Gasteiger partial charge in [-0.2, -0.15) is 0 Å². The highest BCUT2D eigenvalue weighted by Crippen LogP contribution is 2.60. The van der Waals surface area contributed by atoms with E-state index in [-0.39, 0.29) is 6.61 Å². The van der Waals surface area contributed by atoms with Crippen LogP contribution in [-0.4, -0.2) is 57.6 Å². The van der Waals surface area contributed by atoms with Crippen LogP contribution in [0.5, 0.6) is 0 Å². The van der Waals surface area contributed by atoms with Crippen LogP contribution >= 0.6 is 0 Å². The third-order valence-corrected chi connectivity index (χ3v) is 9.42. The van der Waals surface area contributed by atoms with E-state index in [9.17, 15) is 15.3 Å². The van der Waals surface area contributed by atoms with Crippen LogP contribution in [0.4, 0.5) is 0 Å². The predicted octanol–water partition coefficient (Wildman–Crippen LogP) is 5.47. The minimum absolute atomic E-state index is 0.120. The van der Waals surface area contributed by atoms with Crippen LogP contribution in [-0.2, 0) is 4.74 Å². The van der Waals surface area contributed by atoms with Crippen LogP contribution in [0.3, 0.4) is 0 Å². The molecule has 0 amide bonds. The van der Waals surface area contributed by atoms with Gasteiger partial charge in [-0.05, 0) is 99.5 Å². The molecule has 3 fully saturated rings. The summed E-state index contributed by atoms with van der Waals surface area (Å²) in [6, 6.07) is 0. The zero-order valence-electron chi connectivity index (χ0n) is 23.2. The van der Waals surface area contributed by atoms with Gasteiger partial charge < -0.3 is 25.2 Å². The predicted molar refractivity (Wildman–Crippen MR) is 145 cm³/mol. The highest BCUT2D eigenvalue weighted by atomic mass is 16.5. The molecule has 0 unspecified atom stereocenters. The zero-order valence-corrected chi connectivity index (χ0v) is 23.2. The number of allylic oxidation sites excluding steroid dienone is 3. The molecule has 0 saturated heterocycles. The van der Waals surface area contributed by atoms with Gasteiger partial charge in [0.1, 0.15) is 12.2 Å². The molecular formula is C31H52O5. The third kappa shape index (κ3) is 7.11. The van der Waals surface area contributed by atoms with E-state index in [1.807, 2.05) is 13.8 Å². The molecule has 3 aliphatic carbocycles. The van der Waals surface area contributed by atoms with Crippen LogP contribution in [0, 0.1) is 23.2 Å². The van der Waals surface area contributed by atoms with Gasteiger partial charge in [-0.1, -0.05) is 51.0 Å². The van der Waals surface area contributed by atoms with Gasteiger partial charge in [0.25, 0.3) is 0 Å². The van der Waals surface area contributed by atoms with Gasteiger partial charge in [-0.25, -0.2) is 0 Å². The monoisotopic (exact) mass is 504 g/mol. The molecule has 0 aromatic rings. The minimum Gasteiger partial charge on any atom is -0.396 e. The van der Waals surface area contributed by atoms with Crippen molar-refractivity contribution in [2.24, 2.45) is 23.2 Å². The molecule has 0 spiro atoms. The number of aliphatic hydroxyl groups excluding tert-OH is 3. The third-order valence-electron chi connectivity index (χ3n) is 9.42. The van der Waals surface area contributed by atoms with Crippen LogP contribution in [0.15, 0.2) is 35.5 Å². The van der Waals surface area contributed by atoms with E-state index in [0.717, 1.165) is 30.8 Å². The van der Waals surface area contributed by atoms with Crippen LogP contribution in [0.2, 0.25) is 0 Å². The summed E-state index contributed by atoms with van der Waals surface area (Å²) in [5, 5.41) is 40.5. The van der Waals surface area contributed by atoms with Crippen molar-refractivity contribution in [2.75, 3.05) is 13.2 Å². The van der Waals surface area contributed by atoms with Gasteiger partial charge >= 0.3 is 0 Å². The fraction of sp³-hybridized carbons (Fsp3) is 0.806. The Labute approximate surface area is 219 Å². The second-order valence-corrected chi connectivity index (χ2v) is 12.7. The lowest BCUT2D eigenvalue weighted by molar-refractivity contribution is -0.0958. The molecule has 0 aliphatic heterocycles. The lowest BCUT2D eigenvalue weighted by atomic mass is 9.60. The fourth-order valence-electron chi connectivity index (χ4n) is 7.36. The second-order valence-electron chi connectivity index (χ2n) is 12.7. The van der Waals surface area contributed by atoms with E-state index < -0.39 is 23.9 Å². The summed E-state index contributed by atoms with van der Waals surface area (Å²) in [4.78, 5) is 0. The molecular weight excluding hydrogens is 452 g/mol. The average molecular weight is 505 g/mol. The van der Waals surface area contributed by atoms with E-state index >= 15 is 0 Å². The van der Waals surface area contributed by atoms with Crippen molar-refractivity contribution in [3.8, 4) is 0 Å². The molecule has 0 aromatic carbocycles. The molecule has 7 atom stereocenters. The average Bonchev–Trinajstić information content (AvgIpc) is 3.16. The fourth-order valence-corrected chi connectivity index (χ4v) is 7.36. The van der Waals surface area contributed by atoms with Crippen molar-refractivity contribution in [1.29, 1.82) is 0 Å². The molecule has 3 rings (SSSR count). The zero-order chi connectivity index (χ0) is 26.5. The number of fused-ring (bicyclic) bond motifs is 1. The maximum absolute atomic E-state index is 10.8. The van der Waals surface area contributed by atoms with Crippen molar-refractivity contribution in [1.82, 2.24) is 0 Å². The van der Waals surface area contributed by atoms with Crippen molar-refractivity contribution in [3.63, 3.8) is 0 Å². The van der Waals surface area contributed by atoms with Gasteiger partial charge in [0.15, 0.2) is 0 Å². The molecule has 0 aromatic heterocycles. The Morgan fingerprint density at radius 1 is 1.17 bits per heavy atom. The molecule has 36 heavy (non-hydrogen) atoms. The van der Waals surface area contributed by atoms with E-state index in [0.29, 0.717) is 48.7 Å². The van der Waals surface area contributed by atoms with Crippen molar-refractivity contribution in [3.05, 3.63) is 35.5 Å². The molecule has 5 heteroatoms. The lowest BCUT2D eigenvalue weighted by Gasteiger charge is -2.44. The molecule has 5 nitrogen and oxygen atoms in total. The molecule has 206 valence electrons. The van der Waals surface area contributed by atoms with E-state index in [1.54, 1.807) is 0 Å². The van der Waals surface area contributed by atoms with E-state index in [1.165, 1.54) is 37.7 Å². The smallest absolute Gasteiger partial charge is 0.114 e. The van der Waals surface area contributed by atoms with Crippen molar-refractivity contribution < 1.29 is 25.2 Å². The van der Waals surface area contributed by atoms with Gasteiger partial charge in [-0.3, -0.25) is 0 Å². The number of rotatable bonds is 11. The van der Waals surface area contributed by atoms with Gasteiger partial charge in [0.05, 0.1) is 11.7 Å². The maximum Gasteiger partial charge on any atom is 0.114 e. The number of hydrogen-bond donors (Lipinski definition) is 4. The van der Waals surface area contributed by atoms with Crippen LogP contribution < -0.4 is 0 Å². The Morgan fingerprint density at radius 2 is 1.92 bits per heavy atom.